The Morgan fingerprint density at radius 2 is 1.15 bits per heavy atom. The Morgan fingerprint density at radius 1 is 0.633 bits per heavy atom. The highest BCUT2D eigenvalue weighted by molar-refractivity contribution is 5.84. The molecule has 16 nitrogen and oxygen atoms in total. The Bertz CT molecular complexity index is 2050. The molecule has 0 atom stereocenters. The maximum absolute atomic E-state index is 12.6. The smallest absolute Gasteiger partial charge is 0.264 e. The molecule has 0 saturated carbocycles. The Morgan fingerprint density at radius 3 is 1.68 bits per heavy atom. The summed E-state index contributed by atoms with van der Waals surface area (Å²) in [4.78, 5) is 29.2. The molecule has 0 unspecified atom stereocenters. The summed E-state index contributed by atoms with van der Waals surface area (Å²) in [6.45, 7) is 6.88. The first-order chi connectivity index (χ1) is 29.2. The lowest BCUT2D eigenvalue weighted by Crippen LogP contribution is -2.21. The van der Waals surface area contributed by atoms with Crippen molar-refractivity contribution in [1.29, 1.82) is 0 Å². The van der Waals surface area contributed by atoms with Gasteiger partial charge in [0.25, 0.3) is 5.43 Å². The van der Waals surface area contributed by atoms with Crippen LogP contribution in [0.5, 0.6) is 11.5 Å². The van der Waals surface area contributed by atoms with E-state index in [0.717, 1.165) is 23.8 Å². The van der Waals surface area contributed by atoms with Gasteiger partial charge in [0.1, 0.15) is 42.4 Å². The lowest BCUT2D eigenvalue weighted by Gasteiger charge is -2.09. The highest BCUT2D eigenvalue weighted by atomic mass is 16.6. The highest BCUT2D eigenvalue weighted by Crippen LogP contribution is 2.17. The van der Waals surface area contributed by atoms with Crippen molar-refractivity contribution in [1.82, 2.24) is 9.56 Å². The lowest BCUT2D eigenvalue weighted by molar-refractivity contribution is -0.120. The van der Waals surface area contributed by atoms with Crippen LogP contribution in [0.4, 0.5) is 0 Å². The van der Waals surface area contributed by atoms with Gasteiger partial charge in [-0.2, -0.15) is 0 Å². The number of nitrogens with zero attached hydrogens (tertiary/aromatic N) is 2. The Labute approximate surface area is 349 Å². The summed E-state index contributed by atoms with van der Waals surface area (Å²) in [5.74, 6) is -0.127. The summed E-state index contributed by atoms with van der Waals surface area (Å²) in [7, 11) is 3.77. The highest BCUT2D eigenvalue weighted by Gasteiger charge is 2.15. The molecule has 0 amide bonds. The maximum atomic E-state index is 12.6. The molecular weight excluding hydrogens is 780 g/mol. The zero-order valence-corrected chi connectivity index (χ0v) is 34.9. The number of aliphatic hydroxyl groups excluding tert-OH is 1. The number of Topliss-reactive ketones (excluding diaryl/α,β-unsaturated/α-hetero) is 1. The van der Waals surface area contributed by atoms with E-state index in [2.05, 4.69) is 4.98 Å². The molecule has 0 fully saturated rings. The third-order valence-corrected chi connectivity index (χ3v) is 9.09. The molecule has 0 aliphatic carbocycles. The average Bonchev–Trinajstić information content (AvgIpc) is 3.24. The zero-order valence-electron chi connectivity index (χ0n) is 34.9. The van der Waals surface area contributed by atoms with Crippen molar-refractivity contribution in [2.24, 2.45) is 0 Å². The van der Waals surface area contributed by atoms with Gasteiger partial charge < -0.3 is 57.6 Å². The fourth-order valence-corrected chi connectivity index (χ4v) is 5.81. The predicted molar refractivity (Wildman–Crippen MR) is 224 cm³/mol. The summed E-state index contributed by atoms with van der Waals surface area (Å²) in [6.07, 6.45) is 3.25. The number of phenolic OH excluding ortho intramolecular Hbond substituents is 2. The van der Waals surface area contributed by atoms with Crippen molar-refractivity contribution < 1.29 is 62.4 Å². The lowest BCUT2D eigenvalue weighted by atomic mass is 10.1. The summed E-state index contributed by atoms with van der Waals surface area (Å²) >= 11 is 0. The quantitative estimate of drug-likeness (QED) is 0.0368. The molecule has 0 saturated heterocycles. The number of ketones is 1. The van der Waals surface area contributed by atoms with Crippen LogP contribution in [0.2, 0.25) is 0 Å². The van der Waals surface area contributed by atoms with E-state index in [9.17, 15) is 24.9 Å². The summed E-state index contributed by atoms with van der Waals surface area (Å²) in [5.41, 5.74) is 1.40. The van der Waals surface area contributed by atoms with Crippen LogP contribution in [0.25, 0.3) is 28.0 Å². The maximum Gasteiger partial charge on any atom is 0.264 e. The summed E-state index contributed by atoms with van der Waals surface area (Å²) in [6, 6.07) is 13.7. The molecule has 4 aromatic rings. The van der Waals surface area contributed by atoms with Crippen molar-refractivity contribution in [2.45, 2.75) is 38.5 Å². The van der Waals surface area contributed by atoms with Crippen LogP contribution in [0.1, 0.15) is 37.7 Å². The van der Waals surface area contributed by atoms with E-state index in [4.69, 9.17) is 42.3 Å². The number of carbonyl (C=O) groups is 1. The molecule has 60 heavy (non-hydrogen) atoms. The molecule has 0 aliphatic rings. The minimum Gasteiger partial charge on any atom is -0.512 e. The summed E-state index contributed by atoms with van der Waals surface area (Å²) < 4.78 is 51.9. The van der Waals surface area contributed by atoms with Gasteiger partial charge in [0.2, 0.25) is 10.9 Å². The van der Waals surface area contributed by atoms with Gasteiger partial charge in [0.05, 0.1) is 105 Å². The number of aromatic nitrogens is 1. The van der Waals surface area contributed by atoms with Crippen LogP contribution in [0, 0.1) is 0 Å². The van der Waals surface area contributed by atoms with Crippen LogP contribution in [0.15, 0.2) is 57.7 Å². The van der Waals surface area contributed by atoms with E-state index in [1.54, 1.807) is 24.3 Å². The third kappa shape index (κ3) is 18.0. The van der Waals surface area contributed by atoms with Crippen LogP contribution < -0.4 is 20.6 Å². The van der Waals surface area contributed by atoms with Crippen LogP contribution in [-0.4, -0.2) is 146 Å². The SMILES string of the molecule is C[N+](C)=c1ccc2nc3c(=C(O)CCCOCCOCCOCCOCCOCCOCCOCCOCCC(=O)CCCc4ccc(O)cc4)cc(O)c(=O)c3oc2c1. The molecule has 0 spiro atoms. The fourth-order valence-electron chi connectivity index (χ4n) is 5.81. The number of fused-ring (bicyclic) bond motifs is 2. The number of aromatic hydroxyl groups is 2. The predicted octanol–water partition coefficient (Wildman–Crippen LogP) is 3.06. The van der Waals surface area contributed by atoms with E-state index in [1.807, 2.05) is 36.9 Å². The standard InChI is InChI=1S/C44H60N2O14/c1-46(2)34-10-13-38-41(31-34)60-44-42(45-38)37(32-40(50)43(44)51)39(49)7-4-15-52-17-19-54-21-23-56-25-27-58-29-30-59-28-26-57-24-22-55-20-18-53-16-14-35(47)6-3-5-33-8-11-36(48)12-9-33/h8-13,31-32H,3-7,14-30H2,1-2H3,(H2,45,48,51)/p+1. The number of hydrogen-bond donors (Lipinski definition) is 3. The Kier molecular flexibility index (Phi) is 22.5. The van der Waals surface area contributed by atoms with E-state index >= 15 is 0 Å². The minimum absolute atomic E-state index is 0.0302. The largest absolute Gasteiger partial charge is 0.512 e. The minimum atomic E-state index is -0.688. The van der Waals surface area contributed by atoms with Crippen LogP contribution >= 0.6 is 0 Å². The number of rotatable bonds is 32. The number of aliphatic hydroxyl groups is 1. The molecule has 4 rings (SSSR count). The molecule has 16 heteroatoms. The van der Waals surface area contributed by atoms with Gasteiger partial charge in [-0.15, -0.1) is 0 Å². The third-order valence-electron chi connectivity index (χ3n) is 9.09. The van der Waals surface area contributed by atoms with E-state index in [0.29, 0.717) is 136 Å². The second-order valence-corrected chi connectivity index (χ2v) is 14.0. The van der Waals surface area contributed by atoms with Gasteiger partial charge in [-0.25, -0.2) is 9.56 Å². The van der Waals surface area contributed by atoms with Crippen molar-refractivity contribution >= 4 is 33.7 Å². The molecule has 1 aromatic heterocycles. The number of aryl methyl sites for hydroxylation is 1. The monoisotopic (exact) mass is 841 g/mol. The second-order valence-electron chi connectivity index (χ2n) is 14.0. The first-order valence-electron chi connectivity index (χ1n) is 20.5. The van der Waals surface area contributed by atoms with Crippen molar-refractivity contribution in [3.8, 4) is 11.5 Å². The molecular formula is C44H61N2O14+. The first-order valence-corrected chi connectivity index (χ1v) is 20.5. The molecule has 3 aromatic carbocycles. The number of benzene rings is 3. The normalized spacial score (nSPS) is 12.1. The van der Waals surface area contributed by atoms with Crippen molar-refractivity contribution in [2.75, 3.05) is 120 Å². The zero-order chi connectivity index (χ0) is 42.8. The first kappa shape index (κ1) is 48.1. The number of hydrogen-bond acceptors (Lipinski definition) is 15. The number of carbonyl (C=O) groups excluding carboxylic acids is 1. The molecule has 1 heterocycles. The Balaban J connectivity index is 0.882. The van der Waals surface area contributed by atoms with Gasteiger partial charge in [0.15, 0.2) is 11.3 Å². The topological polar surface area (TPSA) is 198 Å². The van der Waals surface area contributed by atoms with Crippen molar-refractivity contribution in [3.05, 3.63) is 74.9 Å². The fraction of sp³-hybridized carbons (Fsp3) is 0.545. The van der Waals surface area contributed by atoms with Crippen LogP contribution in [-0.2, 0) is 49.1 Å². The van der Waals surface area contributed by atoms with Gasteiger partial charge in [-0.1, -0.05) is 12.1 Å². The molecule has 0 radical (unpaired) electrons. The van der Waals surface area contributed by atoms with Crippen molar-refractivity contribution in [3.63, 3.8) is 0 Å². The molecule has 330 valence electrons. The number of ether oxygens (including phenoxy) is 8. The van der Waals surface area contributed by atoms with E-state index in [-0.39, 0.29) is 40.0 Å². The van der Waals surface area contributed by atoms with E-state index < -0.39 is 11.2 Å². The Hall–Kier alpha value is -4.52. The van der Waals surface area contributed by atoms with Gasteiger partial charge in [-0.3, -0.25) is 9.59 Å². The molecule has 3 N–H and O–H groups in total. The summed E-state index contributed by atoms with van der Waals surface area (Å²) in [5, 5.41) is 31.5. The van der Waals surface area contributed by atoms with E-state index in [1.165, 1.54) is 6.07 Å². The molecule has 0 aliphatic heterocycles. The van der Waals surface area contributed by atoms with Gasteiger partial charge >= 0.3 is 0 Å². The van der Waals surface area contributed by atoms with Crippen LogP contribution in [0.3, 0.4) is 0 Å². The average molecular weight is 842 g/mol. The van der Waals surface area contributed by atoms with Gasteiger partial charge in [-0.05, 0) is 49.1 Å². The second kappa shape index (κ2) is 28.1. The molecule has 0 bridgehead atoms. The number of phenols is 2. The van der Waals surface area contributed by atoms with Gasteiger partial charge in [0, 0.05) is 37.2 Å².